The highest BCUT2D eigenvalue weighted by molar-refractivity contribution is 5.71. The normalized spacial score (nSPS) is 17.2. The molecule has 1 aromatic carbocycles. The van der Waals surface area contributed by atoms with E-state index in [9.17, 15) is 4.79 Å². The zero-order valence-electron chi connectivity index (χ0n) is 13.3. The summed E-state index contributed by atoms with van der Waals surface area (Å²) in [6.45, 7) is 1.56. The summed E-state index contributed by atoms with van der Waals surface area (Å²) in [6.07, 6.45) is 9.15. The molecule has 0 spiro atoms. The molecule has 23 heavy (non-hydrogen) atoms. The van der Waals surface area contributed by atoms with Gasteiger partial charge in [0.1, 0.15) is 12.4 Å². The van der Waals surface area contributed by atoms with Gasteiger partial charge in [0.2, 0.25) is 0 Å². The Bertz CT molecular complexity index is 629. The number of para-hydroxylation sites is 1. The van der Waals surface area contributed by atoms with Gasteiger partial charge in [-0.1, -0.05) is 24.3 Å². The molecule has 1 aromatic rings. The lowest BCUT2D eigenvalue weighted by Crippen LogP contribution is -2.18. The molecule has 2 N–H and O–H groups in total. The Morgan fingerprint density at radius 2 is 2.13 bits per heavy atom. The molecule has 0 aromatic heterocycles. The summed E-state index contributed by atoms with van der Waals surface area (Å²) >= 11 is 0. The highest BCUT2D eigenvalue weighted by Gasteiger charge is 2.21. The van der Waals surface area contributed by atoms with Crippen molar-refractivity contribution in [2.24, 2.45) is 5.92 Å². The molecule has 0 amide bonds. The van der Waals surface area contributed by atoms with E-state index in [0.717, 1.165) is 30.9 Å². The summed E-state index contributed by atoms with van der Waals surface area (Å²) in [5.41, 5.74) is 3.16. The number of rotatable bonds is 8. The van der Waals surface area contributed by atoms with Crippen molar-refractivity contribution in [3.05, 3.63) is 53.3 Å². The van der Waals surface area contributed by atoms with E-state index in [1.165, 1.54) is 18.5 Å². The monoisotopic (exact) mass is 313 g/mol. The van der Waals surface area contributed by atoms with Crippen LogP contribution in [0.25, 0.3) is 0 Å². The quantitative estimate of drug-likeness (QED) is 0.773. The minimum atomic E-state index is -0.843. The van der Waals surface area contributed by atoms with Crippen LogP contribution in [-0.2, 0) is 11.2 Å². The maximum Gasteiger partial charge on any atom is 0.307 e. The highest BCUT2D eigenvalue weighted by atomic mass is 16.5. The van der Waals surface area contributed by atoms with Gasteiger partial charge < -0.3 is 15.2 Å². The molecule has 4 nitrogen and oxygen atoms in total. The fourth-order valence-electron chi connectivity index (χ4n) is 2.72. The first-order valence-corrected chi connectivity index (χ1v) is 8.26. The van der Waals surface area contributed by atoms with Crippen LogP contribution in [0.3, 0.4) is 0 Å². The van der Waals surface area contributed by atoms with Gasteiger partial charge in [0.25, 0.3) is 0 Å². The van der Waals surface area contributed by atoms with Gasteiger partial charge in [0.05, 0.1) is 6.42 Å². The van der Waals surface area contributed by atoms with Crippen molar-refractivity contribution in [3.8, 4) is 5.75 Å². The third-order valence-corrected chi connectivity index (χ3v) is 4.20. The van der Waals surface area contributed by atoms with E-state index in [4.69, 9.17) is 9.84 Å². The van der Waals surface area contributed by atoms with E-state index in [0.29, 0.717) is 17.9 Å². The molecule has 0 unspecified atom stereocenters. The largest absolute Gasteiger partial charge is 0.489 e. The SMILES string of the molecule is O=C(O)Cc1ccccc1OCC1=CCCC(NCC2CC2)=C1. The topological polar surface area (TPSA) is 58.6 Å². The molecule has 0 heterocycles. The molecule has 2 aliphatic rings. The van der Waals surface area contributed by atoms with Crippen LogP contribution < -0.4 is 10.1 Å². The molecule has 4 heteroatoms. The van der Waals surface area contributed by atoms with E-state index in [1.807, 2.05) is 18.2 Å². The van der Waals surface area contributed by atoms with Crippen LogP contribution in [0.15, 0.2) is 47.7 Å². The lowest BCUT2D eigenvalue weighted by atomic mass is 10.0. The van der Waals surface area contributed by atoms with Gasteiger partial charge >= 0.3 is 5.97 Å². The van der Waals surface area contributed by atoms with E-state index in [1.54, 1.807) is 6.07 Å². The number of benzene rings is 1. The molecule has 122 valence electrons. The number of carbonyl (C=O) groups is 1. The number of hydrogen-bond acceptors (Lipinski definition) is 3. The molecule has 0 bridgehead atoms. The Morgan fingerprint density at radius 1 is 1.30 bits per heavy atom. The van der Waals surface area contributed by atoms with Crippen molar-refractivity contribution in [3.63, 3.8) is 0 Å². The zero-order valence-corrected chi connectivity index (χ0v) is 13.3. The predicted octanol–water partition coefficient (Wildman–Crippen LogP) is 3.30. The minimum absolute atomic E-state index is 0.0146. The number of nitrogens with one attached hydrogen (secondary N) is 1. The third-order valence-electron chi connectivity index (χ3n) is 4.20. The van der Waals surface area contributed by atoms with Crippen molar-refractivity contribution < 1.29 is 14.6 Å². The first-order valence-electron chi connectivity index (χ1n) is 8.26. The molecule has 0 saturated heterocycles. The maximum absolute atomic E-state index is 10.9. The molecule has 0 aliphatic heterocycles. The second kappa shape index (κ2) is 7.36. The van der Waals surface area contributed by atoms with Gasteiger partial charge in [-0.25, -0.2) is 0 Å². The molecule has 1 saturated carbocycles. The minimum Gasteiger partial charge on any atom is -0.489 e. The Balaban J connectivity index is 1.57. The number of allylic oxidation sites excluding steroid dienone is 2. The molecule has 3 rings (SSSR count). The summed E-state index contributed by atoms with van der Waals surface area (Å²) in [5.74, 6) is 0.677. The van der Waals surface area contributed by atoms with Gasteiger partial charge in [0, 0.05) is 17.8 Å². The number of carboxylic acid groups (broad SMARTS) is 1. The first kappa shape index (κ1) is 15.7. The van der Waals surface area contributed by atoms with E-state index >= 15 is 0 Å². The van der Waals surface area contributed by atoms with Gasteiger partial charge in [-0.2, -0.15) is 0 Å². The summed E-state index contributed by atoms with van der Waals surface area (Å²) in [4.78, 5) is 10.9. The zero-order chi connectivity index (χ0) is 16.1. The molecular weight excluding hydrogens is 290 g/mol. The Kier molecular flexibility index (Phi) is 5.01. The van der Waals surface area contributed by atoms with E-state index in [-0.39, 0.29) is 6.42 Å². The number of ether oxygens (including phenoxy) is 1. The average molecular weight is 313 g/mol. The Morgan fingerprint density at radius 3 is 2.91 bits per heavy atom. The second-order valence-corrected chi connectivity index (χ2v) is 6.28. The number of carboxylic acids is 1. The van der Waals surface area contributed by atoms with Gasteiger partial charge in [-0.15, -0.1) is 0 Å². The summed E-state index contributed by atoms with van der Waals surface area (Å²) in [7, 11) is 0. The van der Waals surface area contributed by atoms with E-state index < -0.39 is 5.97 Å². The van der Waals surface area contributed by atoms with Gasteiger partial charge in [0.15, 0.2) is 0 Å². The average Bonchev–Trinajstić information content (AvgIpc) is 3.36. The van der Waals surface area contributed by atoms with Crippen molar-refractivity contribution in [2.75, 3.05) is 13.2 Å². The van der Waals surface area contributed by atoms with Crippen molar-refractivity contribution in [1.82, 2.24) is 5.32 Å². The van der Waals surface area contributed by atoms with Crippen LogP contribution in [0.2, 0.25) is 0 Å². The van der Waals surface area contributed by atoms with Crippen LogP contribution in [0.4, 0.5) is 0 Å². The fourth-order valence-corrected chi connectivity index (χ4v) is 2.72. The summed E-state index contributed by atoms with van der Waals surface area (Å²) in [6, 6.07) is 7.34. The molecule has 2 aliphatic carbocycles. The van der Waals surface area contributed by atoms with Crippen molar-refractivity contribution in [2.45, 2.75) is 32.1 Å². The van der Waals surface area contributed by atoms with Gasteiger partial charge in [-0.3, -0.25) is 4.79 Å². The molecule has 0 radical (unpaired) electrons. The smallest absolute Gasteiger partial charge is 0.307 e. The lowest BCUT2D eigenvalue weighted by Gasteiger charge is -2.17. The fraction of sp³-hybridized carbons (Fsp3) is 0.421. The van der Waals surface area contributed by atoms with E-state index in [2.05, 4.69) is 17.5 Å². The Hall–Kier alpha value is -2.23. The number of hydrogen-bond donors (Lipinski definition) is 2. The van der Waals surface area contributed by atoms with Crippen LogP contribution in [0.1, 0.15) is 31.2 Å². The highest BCUT2D eigenvalue weighted by Crippen LogP contribution is 2.28. The molecular formula is C19H23NO3. The molecule has 0 atom stereocenters. The predicted molar refractivity (Wildman–Crippen MR) is 89.4 cm³/mol. The van der Waals surface area contributed by atoms with Gasteiger partial charge in [-0.05, 0) is 49.3 Å². The van der Waals surface area contributed by atoms with Crippen LogP contribution in [-0.4, -0.2) is 24.2 Å². The van der Waals surface area contributed by atoms with Crippen LogP contribution >= 0.6 is 0 Å². The summed E-state index contributed by atoms with van der Waals surface area (Å²) < 4.78 is 5.86. The summed E-state index contributed by atoms with van der Waals surface area (Å²) in [5, 5.41) is 12.5. The number of aliphatic carboxylic acids is 1. The van der Waals surface area contributed by atoms with Crippen LogP contribution in [0, 0.1) is 5.92 Å². The third kappa shape index (κ3) is 4.88. The van der Waals surface area contributed by atoms with Crippen molar-refractivity contribution in [1.29, 1.82) is 0 Å². The van der Waals surface area contributed by atoms with Crippen LogP contribution in [0.5, 0.6) is 5.75 Å². The lowest BCUT2D eigenvalue weighted by molar-refractivity contribution is -0.136. The maximum atomic E-state index is 10.9. The van der Waals surface area contributed by atoms with Crippen molar-refractivity contribution >= 4 is 5.97 Å². The standard InChI is InChI=1S/C19H23NO3/c21-19(22)11-16-5-1-2-7-18(16)23-13-15-4-3-6-17(10-15)20-12-14-8-9-14/h1-2,4-5,7,10,14,20H,3,6,8-9,11-13H2,(H,21,22). The first-order chi connectivity index (χ1) is 11.2. The Labute approximate surface area is 136 Å². The second-order valence-electron chi connectivity index (χ2n) is 6.28. The molecule has 1 fully saturated rings.